The Morgan fingerprint density at radius 1 is 1.00 bits per heavy atom. The molecule has 5 rings (SSSR count). The van der Waals surface area contributed by atoms with E-state index in [2.05, 4.69) is 33.0 Å². The Hall–Kier alpha value is -3.29. The summed E-state index contributed by atoms with van der Waals surface area (Å²) in [5.74, 6) is -0.0882. The molecule has 1 N–H and O–H groups in total. The largest absolute Gasteiger partial charge is 0.322 e. The lowest BCUT2D eigenvalue weighted by molar-refractivity contribution is 0.306. The second-order valence-electron chi connectivity index (χ2n) is 10.3. The molecule has 0 spiro atoms. The van der Waals surface area contributed by atoms with Crippen LogP contribution in [0.3, 0.4) is 0 Å². The van der Waals surface area contributed by atoms with Crippen molar-refractivity contribution in [2.75, 3.05) is 13.1 Å². The predicted octanol–water partition coefficient (Wildman–Crippen LogP) is 5.47. The maximum atomic E-state index is 14.8. The topological polar surface area (TPSA) is 68.9 Å². The van der Waals surface area contributed by atoms with E-state index < -0.39 is 16.9 Å². The van der Waals surface area contributed by atoms with Crippen LogP contribution in [-0.2, 0) is 6.54 Å². The first-order chi connectivity index (χ1) is 17.7. The van der Waals surface area contributed by atoms with Crippen molar-refractivity contribution in [2.24, 2.45) is 5.92 Å². The fourth-order valence-corrected chi connectivity index (χ4v) is 5.23. The number of rotatable bonds is 6. The van der Waals surface area contributed by atoms with E-state index in [1.54, 1.807) is 24.3 Å². The fourth-order valence-electron chi connectivity index (χ4n) is 4.99. The normalized spacial score (nSPS) is 14.1. The lowest BCUT2D eigenvalue weighted by Crippen LogP contribution is -2.48. The van der Waals surface area contributed by atoms with Crippen LogP contribution < -0.4 is 16.4 Å². The van der Waals surface area contributed by atoms with Gasteiger partial charge >= 0.3 is 11.1 Å². The summed E-state index contributed by atoms with van der Waals surface area (Å²) in [7, 11) is 0. The highest BCUT2D eigenvalue weighted by Crippen LogP contribution is 2.34. The van der Waals surface area contributed by atoms with E-state index in [4.69, 9.17) is 16.6 Å². The molecule has 37 heavy (non-hydrogen) atoms. The minimum Gasteiger partial charge on any atom is -0.316 e. The number of nitrogens with zero attached hydrogens (tertiary/aromatic N) is 3. The highest BCUT2D eigenvalue weighted by Gasteiger charge is 2.26. The molecule has 0 unspecified atom stereocenters. The molecule has 1 fully saturated rings. The third-order valence-corrected chi connectivity index (χ3v) is 7.36. The van der Waals surface area contributed by atoms with Gasteiger partial charge in [0.1, 0.15) is 5.82 Å². The summed E-state index contributed by atoms with van der Waals surface area (Å²) in [6, 6.07) is 13.8. The lowest BCUT2D eigenvalue weighted by Gasteiger charge is -2.29. The summed E-state index contributed by atoms with van der Waals surface area (Å²) in [6.07, 6.45) is 0. The van der Waals surface area contributed by atoms with Gasteiger partial charge in [0.2, 0.25) is 0 Å². The first-order valence-corrected chi connectivity index (χ1v) is 13.0. The van der Waals surface area contributed by atoms with Gasteiger partial charge in [-0.15, -0.1) is 0 Å². The number of aromatic nitrogens is 3. The monoisotopic (exact) mass is 520 g/mol. The van der Waals surface area contributed by atoms with Crippen molar-refractivity contribution in [1.29, 1.82) is 0 Å². The number of benzene rings is 2. The van der Waals surface area contributed by atoms with E-state index in [1.165, 1.54) is 15.2 Å². The average molecular weight is 521 g/mol. The number of halogens is 2. The van der Waals surface area contributed by atoms with Gasteiger partial charge in [0, 0.05) is 31.1 Å². The molecule has 0 saturated carbocycles. The molecule has 1 aliphatic rings. The maximum absolute atomic E-state index is 14.8. The summed E-state index contributed by atoms with van der Waals surface area (Å²) in [5.41, 5.74) is 2.42. The standard InChI is InChI=1S/C29H30ClFN4O2/c1-16(2)19-9-7-10-20(17(3)4)26(19)35-27-24(34(28(36)29(35)37)15-18-13-32-14-18)12-22(30)25(33-27)21-8-5-6-11-23(21)31/h5-12,16-18,32H,13-15H2,1-4H3. The Morgan fingerprint density at radius 2 is 1.65 bits per heavy atom. The Bertz CT molecular complexity index is 1590. The van der Waals surface area contributed by atoms with Crippen molar-refractivity contribution in [3.05, 3.63) is 91.2 Å². The van der Waals surface area contributed by atoms with E-state index >= 15 is 0 Å². The summed E-state index contributed by atoms with van der Waals surface area (Å²) in [5, 5.41) is 3.42. The first kappa shape index (κ1) is 25.4. The number of hydrogen-bond acceptors (Lipinski definition) is 4. The molecular weight excluding hydrogens is 491 g/mol. The van der Waals surface area contributed by atoms with E-state index in [-0.39, 0.29) is 39.7 Å². The number of nitrogens with one attached hydrogen (secondary N) is 1. The smallest absolute Gasteiger partial charge is 0.316 e. The zero-order valence-electron chi connectivity index (χ0n) is 21.4. The van der Waals surface area contributed by atoms with Crippen LogP contribution in [0, 0.1) is 11.7 Å². The van der Waals surface area contributed by atoms with Gasteiger partial charge in [0.05, 0.1) is 21.9 Å². The molecule has 0 atom stereocenters. The highest BCUT2D eigenvalue weighted by atomic mass is 35.5. The van der Waals surface area contributed by atoms with Crippen LogP contribution in [-0.4, -0.2) is 27.2 Å². The minimum atomic E-state index is -0.677. The van der Waals surface area contributed by atoms with Crippen molar-refractivity contribution in [3.8, 4) is 16.9 Å². The zero-order valence-corrected chi connectivity index (χ0v) is 22.1. The molecule has 2 aromatic heterocycles. The molecule has 1 saturated heterocycles. The van der Waals surface area contributed by atoms with Crippen LogP contribution >= 0.6 is 11.6 Å². The van der Waals surface area contributed by atoms with Gasteiger partial charge in [0.25, 0.3) is 0 Å². The van der Waals surface area contributed by atoms with Gasteiger partial charge in [-0.1, -0.05) is 69.6 Å². The third kappa shape index (κ3) is 4.40. The number of fused-ring (bicyclic) bond motifs is 1. The Labute approximate surface area is 219 Å². The first-order valence-electron chi connectivity index (χ1n) is 12.6. The number of hydrogen-bond donors (Lipinski definition) is 1. The van der Waals surface area contributed by atoms with E-state index in [1.807, 2.05) is 18.2 Å². The summed E-state index contributed by atoms with van der Waals surface area (Å²) >= 11 is 6.68. The van der Waals surface area contributed by atoms with Crippen molar-refractivity contribution < 1.29 is 4.39 Å². The Balaban J connectivity index is 1.95. The van der Waals surface area contributed by atoms with Crippen molar-refractivity contribution in [2.45, 2.75) is 46.1 Å². The van der Waals surface area contributed by atoms with Gasteiger partial charge in [-0.2, -0.15) is 0 Å². The molecule has 0 radical (unpaired) electrons. The highest BCUT2D eigenvalue weighted by molar-refractivity contribution is 6.33. The Morgan fingerprint density at radius 3 is 2.22 bits per heavy atom. The Kier molecular flexibility index (Phi) is 6.77. The van der Waals surface area contributed by atoms with Crippen molar-refractivity contribution in [1.82, 2.24) is 19.4 Å². The molecule has 3 heterocycles. The van der Waals surface area contributed by atoms with Gasteiger partial charge < -0.3 is 9.88 Å². The molecule has 8 heteroatoms. The van der Waals surface area contributed by atoms with E-state index in [9.17, 15) is 14.0 Å². The summed E-state index contributed by atoms with van der Waals surface area (Å²) < 4.78 is 17.7. The molecule has 0 amide bonds. The molecule has 0 aliphatic carbocycles. The van der Waals surface area contributed by atoms with Crippen molar-refractivity contribution in [3.63, 3.8) is 0 Å². The molecule has 1 aliphatic heterocycles. The average Bonchev–Trinajstić information content (AvgIpc) is 2.83. The lowest BCUT2D eigenvalue weighted by atomic mass is 9.92. The second kappa shape index (κ2) is 9.88. The third-order valence-electron chi connectivity index (χ3n) is 7.07. The van der Waals surface area contributed by atoms with Gasteiger partial charge in [0.15, 0.2) is 5.65 Å². The SMILES string of the molecule is CC(C)c1cccc(C(C)C)c1-n1c(=O)c(=O)n(CC2CNC2)c2cc(Cl)c(-c3ccccc3F)nc21. The second-order valence-corrected chi connectivity index (χ2v) is 10.7. The van der Waals surface area contributed by atoms with Crippen LogP contribution in [0.4, 0.5) is 4.39 Å². The predicted molar refractivity (Wildman–Crippen MR) is 147 cm³/mol. The van der Waals surface area contributed by atoms with Crippen LogP contribution in [0.5, 0.6) is 0 Å². The maximum Gasteiger partial charge on any atom is 0.322 e. The molecule has 192 valence electrons. The van der Waals surface area contributed by atoms with Crippen LogP contribution in [0.25, 0.3) is 28.1 Å². The van der Waals surface area contributed by atoms with Gasteiger partial charge in [-0.25, -0.2) is 9.37 Å². The quantitative estimate of drug-likeness (QED) is 0.342. The molecule has 6 nitrogen and oxygen atoms in total. The van der Waals surface area contributed by atoms with Gasteiger partial charge in [-0.05, 0) is 41.2 Å². The number of pyridine rings is 1. The summed E-state index contributed by atoms with van der Waals surface area (Å²) in [4.78, 5) is 32.3. The van der Waals surface area contributed by atoms with Crippen LogP contribution in [0.15, 0.2) is 58.1 Å². The van der Waals surface area contributed by atoms with Crippen LogP contribution in [0.2, 0.25) is 5.02 Å². The molecule has 4 aromatic rings. The summed E-state index contributed by atoms with van der Waals surface area (Å²) in [6.45, 7) is 10.1. The fraction of sp³-hybridized carbons (Fsp3) is 0.345. The number of para-hydroxylation sites is 1. The van der Waals surface area contributed by atoms with E-state index in [0.29, 0.717) is 17.7 Å². The molecular formula is C29H30ClFN4O2. The van der Waals surface area contributed by atoms with E-state index in [0.717, 1.165) is 24.2 Å². The van der Waals surface area contributed by atoms with Crippen LogP contribution in [0.1, 0.15) is 50.7 Å². The van der Waals surface area contributed by atoms with Crippen molar-refractivity contribution >= 4 is 22.8 Å². The molecule has 0 bridgehead atoms. The minimum absolute atomic E-state index is 0.0810. The zero-order chi connectivity index (χ0) is 26.4. The molecule has 2 aromatic carbocycles. The van der Waals surface area contributed by atoms with Gasteiger partial charge in [-0.3, -0.25) is 14.2 Å².